The van der Waals surface area contributed by atoms with Crippen LogP contribution in [-0.4, -0.2) is 29.3 Å². The summed E-state index contributed by atoms with van der Waals surface area (Å²) in [5.74, 6) is 1.72. The van der Waals surface area contributed by atoms with Crippen LogP contribution in [-0.2, 0) is 6.42 Å². The molecule has 0 amide bonds. The maximum atomic E-state index is 10.4. The highest BCUT2D eigenvalue weighted by atomic mass is 35.5. The van der Waals surface area contributed by atoms with E-state index in [1.54, 1.807) is 0 Å². The molecule has 2 atom stereocenters. The van der Waals surface area contributed by atoms with Crippen molar-refractivity contribution in [2.45, 2.75) is 36.8 Å². The van der Waals surface area contributed by atoms with Crippen LogP contribution < -0.4 is 5.32 Å². The first-order valence-corrected chi connectivity index (χ1v) is 8.01. The number of fused-ring (bicyclic) bond motifs is 1. The zero-order valence-electron chi connectivity index (χ0n) is 10.7. The van der Waals surface area contributed by atoms with Crippen LogP contribution in [0.2, 0.25) is 0 Å². The lowest BCUT2D eigenvalue weighted by atomic mass is 9.98. The Morgan fingerprint density at radius 2 is 2.33 bits per heavy atom. The zero-order valence-corrected chi connectivity index (χ0v) is 12.2. The summed E-state index contributed by atoms with van der Waals surface area (Å²) in [5, 5.41) is 13.8. The monoisotopic (exact) mass is 285 g/mol. The van der Waals surface area contributed by atoms with E-state index in [2.05, 4.69) is 17.4 Å². The number of hydrogen-bond donors (Lipinski definition) is 2. The van der Waals surface area contributed by atoms with Gasteiger partial charge in [-0.2, -0.15) is 0 Å². The fourth-order valence-corrected chi connectivity index (χ4v) is 3.70. The van der Waals surface area contributed by atoms with Crippen LogP contribution in [0.4, 0.5) is 0 Å². The summed E-state index contributed by atoms with van der Waals surface area (Å²) >= 11 is 7.68. The number of thioether (sulfide) groups is 1. The molecule has 0 radical (unpaired) electrons. The lowest BCUT2D eigenvalue weighted by Gasteiger charge is -2.23. The number of aliphatic hydroxyl groups excluding tert-OH is 1. The molecule has 2 unspecified atom stereocenters. The first kappa shape index (κ1) is 14.2. The van der Waals surface area contributed by atoms with E-state index in [-0.39, 0.29) is 6.04 Å². The number of nitrogens with one attached hydrogen (secondary N) is 1. The molecule has 0 saturated heterocycles. The second-order valence-corrected chi connectivity index (χ2v) is 6.07. The first-order valence-electron chi connectivity index (χ1n) is 6.49. The van der Waals surface area contributed by atoms with Crippen LogP contribution in [0.15, 0.2) is 23.1 Å². The minimum Gasteiger partial charge on any atom is -0.387 e. The van der Waals surface area contributed by atoms with Gasteiger partial charge < -0.3 is 10.4 Å². The lowest BCUT2D eigenvalue weighted by Crippen LogP contribution is -2.35. The van der Waals surface area contributed by atoms with Crippen molar-refractivity contribution in [2.24, 2.45) is 0 Å². The van der Waals surface area contributed by atoms with Crippen molar-refractivity contribution in [3.05, 3.63) is 29.3 Å². The fraction of sp³-hybridized carbons (Fsp3) is 0.571. The molecule has 1 aromatic rings. The number of hydrogen-bond acceptors (Lipinski definition) is 3. The molecule has 1 aliphatic rings. The molecule has 0 aliphatic carbocycles. The van der Waals surface area contributed by atoms with Gasteiger partial charge >= 0.3 is 0 Å². The highest BCUT2D eigenvalue weighted by Crippen LogP contribution is 2.34. The summed E-state index contributed by atoms with van der Waals surface area (Å²) in [6.07, 6.45) is 1.45. The molecule has 18 heavy (non-hydrogen) atoms. The van der Waals surface area contributed by atoms with Crippen LogP contribution in [0.1, 0.15) is 30.6 Å². The van der Waals surface area contributed by atoms with Gasteiger partial charge in [-0.3, -0.25) is 0 Å². The fourth-order valence-electron chi connectivity index (χ4n) is 2.35. The average molecular weight is 286 g/mol. The van der Waals surface area contributed by atoms with Gasteiger partial charge in [0.1, 0.15) is 0 Å². The molecular formula is C14H20ClNOS. The smallest absolute Gasteiger partial charge is 0.0943 e. The van der Waals surface area contributed by atoms with E-state index in [9.17, 15) is 5.11 Å². The van der Waals surface area contributed by atoms with E-state index in [0.717, 1.165) is 30.7 Å². The molecule has 0 saturated carbocycles. The molecule has 0 bridgehead atoms. The Balaban J connectivity index is 2.13. The van der Waals surface area contributed by atoms with Crippen molar-refractivity contribution in [3.63, 3.8) is 0 Å². The van der Waals surface area contributed by atoms with Crippen molar-refractivity contribution < 1.29 is 5.11 Å². The van der Waals surface area contributed by atoms with Gasteiger partial charge in [-0.05, 0) is 36.6 Å². The van der Waals surface area contributed by atoms with Gasteiger partial charge in [0.05, 0.1) is 6.10 Å². The van der Waals surface area contributed by atoms with E-state index in [1.165, 1.54) is 10.5 Å². The molecular weight excluding hydrogens is 266 g/mol. The van der Waals surface area contributed by atoms with Crippen LogP contribution in [0.3, 0.4) is 0 Å². The highest BCUT2D eigenvalue weighted by molar-refractivity contribution is 7.99. The quantitative estimate of drug-likeness (QED) is 0.788. The summed E-state index contributed by atoms with van der Waals surface area (Å²) < 4.78 is 0. The van der Waals surface area contributed by atoms with E-state index >= 15 is 0 Å². The molecule has 1 heterocycles. The van der Waals surface area contributed by atoms with Crippen molar-refractivity contribution in [3.8, 4) is 0 Å². The minimum atomic E-state index is -0.477. The number of aryl methyl sites for hydroxylation is 1. The van der Waals surface area contributed by atoms with Crippen molar-refractivity contribution in [1.82, 2.24) is 5.32 Å². The molecule has 1 aromatic carbocycles. The summed E-state index contributed by atoms with van der Waals surface area (Å²) in [7, 11) is 0. The number of alkyl halides is 1. The Morgan fingerprint density at radius 3 is 3.06 bits per heavy atom. The first-order chi connectivity index (χ1) is 8.76. The van der Waals surface area contributed by atoms with Gasteiger partial charge in [-0.25, -0.2) is 0 Å². The third-order valence-corrected chi connectivity index (χ3v) is 4.65. The average Bonchev–Trinajstić information content (AvgIpc) is 2.84. The Morgan fingerprint density at radius 1 is 1.50 bits per heavy atom. The SMILES string of the molecule is CCNC(CCCl)C(O)c1ccc2c(c1)SCC2. The molecule has 1 aliphatic heterocycles. The normalized spacial score (nSPS) is 17.5. The second-order valence-electron chi connectivity index (χ2n) is 4.55. The molecule has 0 fully saturated rings. The summed E-state index contributed by atoms with van der Waals surface area (Å²) in [5.41, 5.74) is 2.41. The number of aliphatic hydroxyl groups is 1. The maximum Gasteiger partial charge on any atom is 0.0943 e. The second kappa shape index (κ2) is 6.80. The van der Waals surface area contributed by atoms with Gasteiger partial charge in [0, 0.05) is 22.6 Å². The van der Waals surface area contributed by atoms with Crippen LogP contribution in [0.5, 0.6) is 0 Å². The standard InChI is InChI=1S/C14H20ClNOS/c1-2-16-12(5-7-15)14(17)11-4-3-10-6-8-18-13(10)9-11/h3-4,9,12,14,16-17H,2,5-8H2,1H3. The van der Waals surface area contributed by atoms with Crippen LogP contribution >= 0.6 is 23.4 Å². The zero-order chi connectivity index (χ0) is 13.0. The Kier molecular flexibility index (Phi) is 5.37. The van der Waals surface area contributed by atoms with E-state index < -0.39 is 6.10 Å². The van der Waals surface area contributed by atoms with E-state index in [1.807, 2.05) is 24.8 Å². The number of benzene rings is 1. The number of likely N-dealkylation sites (N-methyl/N-ethyl adjacent to an activating group) is 1. The molecule has 2 N–H and O–H groups in total. The Labute approximate surface area is 118 Å². The van der Waals surface area contributed by atoms with Gasteiger partial charge in [-0.15, -0.1) is 23.4 Å². The molecule has 0 aromatic heterocycles. The predicted octanol–water partition coefficient (Wildman–Crippen LogP) is 2.98. The van der Waals surface area contributed by atoms with Crippen LogP contribution in [0.25, 0.3) is 0 Å². The molecule has 0 spiro atoms. The Bertz CT molecular complexity index is 393. The topological polar surface area (TPSA) is 32.3 Å². The Hall–Kier alpha value is -0.220. The van der Waals surface area contributed by atoms with Crippen molar-refractivity contribution in [1.29, 1.82) is 0 Å². The largest absolute Gasteiger partial charge is 0.387 e. The summed E-state index contributed by atoms with van der Waals surface area (Å²) in [6, 6.07) is 6.37. The molecule has 2 nitrogen and oxygen atoms in total. The summed E-state index contributed by atoms with van der Waals surface area (Å²) in [6.45, 7) is 2.89. The number of rotatable bonds is 6. The lowest BCUT2D eigenvalue weighted by molar-refractivity contribution is 0.127. The van der Waals surface area contributed by atoms with Gasteiger partial charge in [0.25, 0.3) is 0 Å². The third-order valence-electron chi connectivity index (χ3n) is 3.33. The highest BCUT2D eigenvalue weighted by Gasteiger charge is 2.21. The van der Waals surface area contributed by atoms with Crippen molar-refractivity contribution in [2.75, 3.05) is 18.2 Å². The van der Waals surface area contributed by atoms with Crippen molar-refractivity contribution >= 4 is 23.4 Å². The molecule has 100 valence electrons. The van der Waals surface area contributed by atoms with Gasteiger partial charge in [0.15, 0.2) is 0 Å². The predicted molar refractivity (Wildman–Crippen MR) is 78.6 cm³/mol. The minimum absolute atomic E-state index is 0.0388. The van der Waals surface area contributed by atoms with Gasteiger partial charge in [0.2, 0.25) is 0 Å². The molecule has 4 heteroatoms. The molecule has 2 rings (SSSR count). The van der Waals surface area contributed by atoms with Crippen LogP contribution in [0, 0.1) is 0 Å². The maximum absolute atomic E-state index is 10.4. The van der Waals surface area contributed by atoms with E-state index in [4.69, 9.17) is 11.6 Å². The van der Waals surface area contributed by atoms with Gasteiger partial charge in [-0.1, -0.05) is 19.1 Å². The van der Waals surface area contributed by atoms with E-state index in [0.29, 0.717) is 5.88 Å². The third kappa shape index (κ3) is 3.21. The summed E-state index contributed by atoms with van der Waals surface area (Å²) in [4.78, 5) is 1.33. The number of halogens is 1.